The summed E-state index contributed by atoms with van der Waals surface area (Å²) in [5.74, 6) is 0.425. The van der Waals surface area contributed by atoms with Crippen LogP contribution >= 0.6 is 23.2 Å². The van der Waals surface area contributed by atoms with Gasteiger partial charge in [-0.25, -0.2) is 4.68 Å². The lowest BCUT2D eigenvalue weighted by Crippen LogP contribution is -2.14. The molecule has 1 N–H and O–H groups in total. The Morgan fingerprint density at radius 3 is 2.43 bits per heavy atom. The monoisotopic (exact) mass is 419 g/mol. The van der Waals surface area contributed by atoms with E-state index in [1.165, 1.54) is 14.2 Å². The van der Waals surface area contributed by atoms with Gasteiger partial charge in [0.15, 0.2) is 0 Å². The minimum absolute atomic E-state index is 0.263. The zero-order valence-electron chi connectivity index (χ0n) is 15.6. The van der Waals surface area contributed by atoms with Crippen molar-refractivity contribution < 1.29 is 14.3 Å². The summed E-state index contributed by atoms with van der Waals surface area (Å²) in [4.78, 5) is 12.9. The molecule has 0 radical (unpaired) electrons. The summed E-state index contributed by atoms with van der Waals surface area (Å²) in [6, 6.07) is 12.9. The Bertz CT molecular complexity index is 1000. The number of aryl methyl sites for hydroxylation is 1. The van der Waals surface area contributed by atoms with E-state index >= 15 is 0 Å². The number of rotatable bonds is 6. The molecule has 1 aromatic heterocycles. The van der Waals surface area contributed by atoms with Crippen LogP contribution in [0.1, 0.15) is 21.6 Å². The summed E-state index contributed by atoms with van der Waals surface area (Å²) in [7, 11) is 2.98. The molecule has 0 atom stereocenters. The molecule has 0 unspecified atom stereocenters. The first-order valence-corrected chi connectivity index (χ1v) is 9.20. The predicted octanol–water partition coefficient (Wildman–Crippen LogP) is 4.82. The van der Waals surface area contributed by atoms with Crippen molar-refractivity contribution in [2.75, 3.05) is 19.5 Å². The highest BCUT2D eigenvalue weighted by Crippen LogP contribution is 2.36. The third-order valence-electron chi connectivity index (χ3n) is 4.19. The summed E-state index contributed by atoms with van der Waals surface area (Å²) >= 11 is 12.6. The van der Waals surface area contributed by atoms with Crippen molar-refractivity contribution in [2.24, 2.45) is 0 Å². The lowest BCUT2D eigenvalue weighted by Gasteiger charge is -2.13. The van der Waals surface area contributed by atoms with Crippen LogP contribution in [0, 0.1) is 6.92 Å². The van der Waals surface area contributed by atoms with Gasteiger partial charge < -0.3 is 14.8 Å². The number of amides is 1. The van der Waals surface area contributed by atoms with Gasteiger partial charge in [0.25, 0.3) is 5.91 Å². The van der Waals surface area contributed by atoms with Crippen molar-refractivity contribution in [3.8, 4) is 11.5 Å². The molecule has 0 saturated heterocycles. The van der Waals surface area contributed by atoms with Crippen molar-refractivity contribution in [1.29, 1.82) is 0 Å². The summed E-state index contributed by atoms with van der Waals surface area (Å²) in [5.41, 5.74) is 2.27. The molecule has 0 aliphatic heterocycles. The largest absolute Gasteiger partial charge is 0.495 e. The molecule has 1 heterocycles. The Hall–Kier alpha value is -2.70. The van der Waals surface area contributed by atoms with E-state index in [1.54, 1.807) is 23.7 Å². The molecule has 0 fully saturated rings. The molecular weight excluding hydrogens is 401 g/mol. The SMILES string of the molecule is COc1cc(NC(=O)c2c(C)nn(Cc3ccccc3)c2Cl)c(OC)cc1Cl. The van der Waals surface area contributed by atoms with Crippen molar-refractivity contribution in [3.63, 3.8) is 0 Å². The van der Waals surface area contributed by atoms with Crippen molar-refractivity contribution in [1.82, 2.24) is 9.78 Å². The molecule has 28 heavy (non-hydrogen) atoms. The summed E-state index contributed by atoms with van der Waals surface area (Å²) < 4.78 is 12.1. The Kier molecular flexibility index (Phi) is 6.11. The molecule has 2 aromatic carbocycles. The Labute approximate surface area is 173 Å². The predicted molar refractivity (Wildman–Crippen MR) is 110 cm³/mol. The highest BCUT2D eigenvalue weighted by molar-refractivity contribution is 6.34. The van der Waals surface area contributed by atoms with Crippen molar-refractivity contribution in [2.45, 2.75) is 13.5 Å². The van der Waals surface area contributed by atoms with Gasteiger partial charge in [0.2, 0.25) is 0 Å². The zero-order valence-corrected chi connectivity index (χ0v) is 17.1. The molecule has 3 aromatic rings. The van der Waals surface area contributed by atoms with Gasteiger partial charge in [0, 0.05) is 12.1 Å². The first-order chi connectivity index (χ1) is 13.4. The van der Waals surface area contributed by atoms with Gasteiger partial charge in [-0.2, -0.15) is 5.10 Å². The molecular formula is C20H19Cl2N3O3. The van der Waals surface area contributed by atoms with Gasteiger partial charge >= 0.3 is 0 Å². The van der Waals surface area contributed by atoms with Crippen LogP contribution in [0.4, 0.5) is 5.69 Å². The number of hydrogen-bond acceptors (Lipinski definition) is 4. The van der Waals surface area contributed by atoms with Gasteiger partial charge in [-0.05, 0) is 12.5 Å². The second-order valence-corrected chi connectivity index (χ2v) is 6.80. The molecule has 146 valence electrons. The van der Waals surface area contributed by atoms with E-state index in [4.69, 9.17) is 32.7 Å². The van der Waals surface area contributed by atoms with Gasteiger partial charge in [0.1, 0.15) is 16.7 Å². The third-order valence-corrected chi connectivity index (χ3v) is 4.87. The van der Waals surface area contributed by atoms with E-state index in [0.717, 1.165) is 5.56 Å². The fraction of sp³-hybridized carbons (Fsp3) is 0.200. The summed E-state index contributed by atoms with van der Waals surface area (Å²) in [6.45, 7) is 2.20. The number of benzene rings is 2. The van der Waals surface area contributed by atoms with Crippen LogP contribution in [0.15, 0.2) is 42.5 Å². The maximum absolute atomic E-state index is 12.9. The smallest absolute Gasteiger partial charge is 0.260 e. The minimum Gasteiger partial charge on any atom is -0.495 e. The van der Waals surface area contributed by atoms with E-state index < -0.39 is 5.91 Å². The topological polar surface area (TPSA) is 65.4 Å². The number of nitrogens with one attached hydrogen (secondary N) is 1. The lowest BCUT2D eigenvalue weighted by molar-refractivity contribution is 0.102. The zero-order chi connectivity index (χ0) is 20.3. The highest BCUT2D eigenvalue weighted by Gasteiger charge is 2.22. The molecule has 0 saturated carbocycles. The minimum atomic E-state index is -0.399. The lowest BCUT2D eigenvalue weighted by atomic mass is 10.2. The molecule has 0 spiro atoms. The highest BCUT2D eigenvalue weighted by atomic mass is 35.5. The van der Waals surface area contributed by atoms with Crippen LogP contribution in [-0.4, -0.2) is 29.9 Å². The second kappa shape index (κ2) is 8.54. The fourth-order valence-electron chi connectivity index (χ4n) is 2.82. The number of carbonyl (C=O) groups excluding carboxylic acids is 1. The van der Waals surface area contributed by atoms with Crippen LogP contribution in [0.3, 0.4) is 0 Å². The molecule has 0 bridgehead atoms. The van der Waals surface area contributed by atoms with Crippen LogP contribution in [0.2, 0.25) is 10.2 Å². The molecule has 0 aliphatic rings. The molecule has 1 amide bonds. The fourth-order valence-corrected chi connectivity index (χ4v) is 3.37. The first-order valence-electron chi connectivity index (χ1n) is 8.44. The third kappa shape index (κ3) is 4.08. The van der Waals surface area contributed by atoms with Crippen molar-refractivity contribution >= 4 is 34.8 Å². The average Bonchev–Trinajstić information content (AvgIpc) is 2.96. The van der Waals surface area contributed by atoms with Crippen molar-refractivity contribution in [3.05, 3.63) is 69.5 Å². The van der Waals surface area contributed by atoms with Gasteiger partial charge in [-0.15, -0.1) is 0 Å². The van der Waals surface area contributed by atoms with E-state index in [1.807, 2.05) is 30.3 Å². The number of methoxy groups -OCH3 is 2. The molecule has 8 heteroatoms. The standard InChI is InChI=1S/C20H19Cl2N3O3/c1-12-18(19(22)25(24-12)11-13-7-5-4-6-8-13)20(26)23-15-10-16(27-2)14(21)9-17(15)28-3/h4-10H,11H2,1-3H3,(H,23,26). The van der Waals surface area contributed by atoms with Gasteiger partial charge in [-0.3, -0.25) is 4.79 Å². The maximum atomic E-state index is 12.9. The summed E-state index contributed by atoms with van der Waals surface area (Å²) in [6.07, 6.45) is 0. The molecule has 6 nitrogen and oxygen atoms in total. The number of hydrogen-bond donors (Lipinski definition) is 1. The number of carbonyl (C=O) groups is 1. The normalized spacial score (nSPS) is 10.6. The van der Waals surface area contributed by atoms with Crippen LogP contribution < -0.4 is 14.8 Å². The first kappa shape index (κ1) is 20.0. The quantitative estimate of drug-likeness (QED) is 0.621. The van der Waals surface area contributed by atoms with E-state index in [0.29, 0.717) is 40.0 Å². The molecule has 3 rings (SSSR count). The number of aromatic nitrogens is 2. The van der Waals surface area contributed by atoms with E-state index in [-0.39, 0.29) is 5.15 Å². The van der Waals surface area contributed by atoms with Gasteiger partial charge in [-0.1, -0.05) is 53.5 Å². The Morgan fingerprint density at radius 2 is 1.79 bits per heavy atom. The number of ether oxygens (including phenoxy) is 2. The maximum Gasteiger partial charge on any atom is 0.260 e. The van der Waals surface area contributed by atoms with E-state index in [2.05, 4.69) is 10.4 Å². The molecule has 0 aliphatic carbocycles. The van der Waals surface area contributed by atoms with Crippen LogP contribution in [0.25, 0.3) is 0 Å². The number of halogens is 2. The average molecular weight is 420 g/mol. The number of anilines is 1. The Balaban J connectivity index is 1.89. The summed E-state index contributed by atoms with van der Waals surface area (Å²) in [5, 5.41) is 7.84. The van der Waals surface area contributed by atoms with Crippen LogP contribution in [-0.2, 0) is 6.54 Å². The van der Waals surface area contributed by atoms with Gasteiger partial charge in [0.05, 0.1) is 42.7 Å². The van der Waals surface area contributed by atoms with Crippen LogP contribution in [0.5, 0.6) is 11.5 Å². The van der Waals surface area contributed by atoms with E-state index in [9.17, 15) is 4.79 Å². The number of nitrogens with zero attached hydrogens (tertiary/aromatic N) is 2. The second-order valence-electron chi connectivity index (χ2n) is 6.04. The Morgan fingerprint density at radius 1 is 1.11 bits per heavy atom.